The van der Waals surface area contributed by atoms with Gasteiger partial charge in [-0.05, 0) is 0 Å². The van der Waals surface area contributed by atoms with Gasteiger partial charge in [-0.1, -0.05) is 0 Å². The Balaban J connectivity index is -0.0000000400. The minimum atomic E-state index is -6.02. The van der Waals surface area contributed by atoms with Crippen molar-refractivity contribution < 1.29 is 116 Å². The Morgan fingerprint density at radius 2 is 0.824 bits per heavy atom. The third-order valence-corrected chi connectivity index (χ3v) is 0. The van der Waals surface area contributed by atoms with E-state index in [0.29, 0.717) is 0 Å². The van der Waals surface area contributed by atoms with E-state index in [2.05, 4.69) is 10.3 Å². The van der Waals surface area contributed by atoms with Crippen LogP contribution in [0.5, 0.6) is 0 Å². The van der Waals surface area contributed by atoms with E-state index in [1.165, 1.54) is 0 Å². The summed E-state index contributed by atoms with van der Waals surface area (Å²) in [4.78, 5) is 0. The Hall–Kier alpha value is 1.95. The molecule has 0 aliphatic carbocycles. The first-order valence-electron chi connectivity index (χ1n) is 2.17. The van der Waals surface area contributed by atoms with Crippen LogP contribution in [0, 0.1) is 0 Å². The molecule has 0 rings (SSSR count). The summed E-state index contributed by atoms with van der Waals surface area (Å²) < 4.78 is 84.9. The second-order valence-corrected chi connectivity index (χ2v) is 5.51. The van der Waals surface area contributed by atoms with Crippen LogP contribution >= 0.6 is 0 Å². The topological polar surface area (TPSA) is 241 Å². The van der Waals surface area contributed by atoms with E-state index in [1.807, 2.05) is 0 Å². The van der Waals surface area contributed by atoms with E-state index in [1.54, 1.807) is 0 Å². The summed E-state index contributed by atoms with van der Waals surface area (Å²) in [5.74, 6) is 0. The van der Waals surface area contributed by atoms with Gasteiger partial charge >= 0.3 is 111 Å². The third-order valence-electron chi connectivity index (χ3n) is 0. The van der Waals surface area contributed by atoms with Crippen molar-refractivity contribution >= 4 is 20.6 Å². The van der Waals surface area contributed by atoms with Gasteiger partial charge in [0.1, 0.15) is 0 Å². The maximum absolute atomic E-state index is 8.97. The van der Waals surface area contributed by atoms with Crippen molar-refractivity contribution in [2.24, 2.45) is 10.3 Å². The normalized spacial score (nSPS) is 10.2. The molecule has 0 bridgehead atoms. The van der Waals surface area contributed by atoms with Crippen molar-refractivity contribution in [1.82, 2.24) is 0 Å². The molecule has 17 heteroatoms. The zero-order valence-corrected chi connectivity index (χ0v) is 16.2. The van der Waals surface area contributed by atoms with Gasteiger partial charge in [0.15, 0.2) is 0 Å². The van der Waals surface area contributed by atoms with E-state index < -0.39 is 37.4 Å². The Morgan fingerprint density at radius 3 is 0.824 bits per heavy atom. The zero-order valence-electron chi connectivity index (χ0n) is 8.54. The molecule has 0 saturated heterocycles. The first-order valence-corrected chi connectivity index (χ1v) is 8.45. The average Bonchev–Trinajstić information content (AvgIpc) is 1.41. The molecule has 0 aliphatic rings. The molecule has 0 fully saturated rings. The molecule has 0 amide bonds. The summed E-state index contributed by atoms with van der Waals surface area (Å²) in [6.07, 6.45) is 0. The van der Waals surface area contributed by atoms with Crippen LogP contribution < -0.4 is 76.9 Å². The summed E-state index contributed by atoms with van der Waals surface area (Å²) in [5.41, 5.74) is 0. The van der Waals surface area contributed by atoms with Crippen LogP contribution in [-0.2, 0) is 44.1 Å². The molecule has 0 aliphatic heterocycles. The molecule has 0 unspecified atom stereocenters. The van der Waals surface area contributed by atoms with Gasteiger partial charge in [0.25, 0.3) is 0 Å². The van der Waals surface area contributed by atoms with E-state index in [0.717, 1.165) is 0 Å². The molecule has 0 saturated carbocycles. The van der Waals surface area contributed by atoms with Crippen molar-refractivity contribution in [2.45, 2.75) is 0 Å². The second kappa shape index (κ2) is 13.0. The molecule has 0 aromatic carbocycles. The summed E-state index contributed by atoms with van der Waals surface area (Å²) >= 11 is -6.02. The van der Waals surface area contributed by atoms with E-state index in [-0.39, 0.29) is 59.1 Å². The van der Waals surface area contributed by atoms with Gasteiger partial charge in [-0.25, -0.2) is 10.3 Å². The van der Waals surface area contributed by atoms with Gasteiger partial charge in [-0.3, -0.25) is 9.11 Å². The quantitative estimate of drug-likeness (QED) is 0.221. The minimum absolute atomic E-state index is 0. The third kappa shape index (κ3) is 1200. The van der Waals surface area contributed by atoms with Crippen molar-refractivity contribution in [3.63, 3.8) is 0 Å². The van der Waals surface area contributed by atoms with Crippen LogP contribution in [0.4, 0.5) is 0 Å². The maximum atomic E-state index is 8.97. The zero-order chi connectivity index (χ0) is 13.5. The van der Waals surface area contributed by atoms with Crippen LogP contribution in [0.2, 0.25) is 0 Å². The van der Waals surface area contributed by atoms with Crippen LogP contribution in [0.25, 0.3) is 0 Å². The number of hydrogen-bond acceptors (Lipinski definition) is 8. The number of hydrogen-bond donors (Lipinski definition) is 4. The standard InChI is InChI=1S/Mo.2H3NO3S.2Na.4O/c;2*1-5(2,3)4;;;;;;/h;2*(H3,1,2,3,4);;;;;;/q;;;2*+1;;;2*-1. The van der Waals surface area contributed by atoms with Gasteiger partial charge in [-0.2, -0.15) is 16.8 Å². The van der Waals surface area contributed by atoms with Crippen molar-refractivity contribution in [3.8, 4) is 0 Å². The molecule has 0 heterocycles. The molecule has 17 heavy (non-hydrogen) atoms. The summed E-state index contributed by atoms with van der Waals surface area (Å²) in [7, 11) is -8.33. The first-order chi connectivity index (χ1) is 6.00. The number of nitrogens with two attached hydrogens (primary N) is 2. The van der Waals surface area contributed by atoms with Gasteiger partial charge in [-0.15, -0.1) is 0 Å². The summed E-state index contributed by atoms with van der Waals surface area (Å²) in [6, 6.07) is 0. The van der Waals surface area contributed by atoms with Crippen LogP contribution in [0.3, 0.4) is 0 Å². The molecular weight excluding hydrogens is 394 g/mol. The summed E-state index contributed by atoms with van der Waals surface area (Å²) in [6.45, 7) is 0. The monoisotopic (exact) mass is 402 g/mol. The molecular formula is H6MoN2Na2O10S2. The molecule has 0 aromatic rings. The fraction of sp³-hybridized carbons (Fsp3) is 0. The molecule has 96 valence electrons. The van der Waals surface area contributed by atoms with Crippen LogP contribution in [0.15, 0.2) is 0 Å². The molecule has 0 spiro atoms. The molecule has 0 radical (unpaired) electrons. The van der Waals surface area contributed by atoms with Crippen molar-refractivity contribution in [3.05, 3.63) is 0 Å². The molecule has 6 N–H and O–H groups in total. The van der Waals surface area contributed by atoms with E-state index in [9.17, 15) is 0 Å². The van der Waals surface area contributed by atoms with Gasteiger partial charge < -0.3 is 0 Å². The van der Waals surface area contributed by atoms with Gasteiger partial charge in [0, 0.05) is 0 Å². The second-order valence-electron chi connectivity index (χ2n) is 1.44. The average molecular weight is 400 g/mol. The predicted molar refractivity (Wildman–Crippen MR) is 32.8 cm³/mol. The van der Waals surface area contributed by atoms with Crippen molar-refractivity contribution in [2.75, 3.05) is 0 Å². The Bertz CT molecular complexity index is 351. The fourth-order valence-electron chi connectivity index (χ4n) is 0. The van der Waals surface area contributed by atoms with Crippen LogP contribution in [0.1, 0.15) is 0 Å². The molecule has 0 aromatic heterocycles. The molecule has 0 atom stereocenters. The Labute approximate surface area is 145 Å². The first kappa shape index (κ1) is 31.4. The predicted octanol–water partition coefficient (Wildman–Crippen LogP) is -11.1. The Kier molecular flexibility index (Phi) is 23.9. The van der Waals surface area contributed by atoms with E-state index >= 15 is 0 Å². The summed E-state index contributed by atoms with van der Waals surface area (Å²) in [5, 5.41) is 7.76. The van der Waals surface area contributed by atoms with Crippen molar-refractivity contribution in [1.29, 1.82) is 0 Å². The number of rotatable bonds is 0. The van der Waals surface area contributed by atoms with E-state index in [4.69, 9.17) is 40.3 Å². The fourth-order valence-corrected chi connectivity index (χ4v) is 0. The Morgan fingerprint density at radius 1 is 0.824 bits per heavy atom. The molecule has 12 nitrogen and oxygen atoms in total. The SMILES string of the molecule is NS(=O)(=O)O.NS(=O)(=O)O.[Na+].[Na+].[O]=[Mo](=[O])([O-])[O-]. The van der Waals surface area contributed by atoms with Gasteiger partial charge in [0.05, 0.1) is 0 Å². The van der Waals surface area contributed by atoms with Gasteiger partial charge in [0.2, 0.25) is 0 Å². The van der Waals surface area contributed by atoms with Crippen LogP contribution in [-0.4, -0.2) is 25.9 Å².